The molecule has 106 valence electrons. The van der Waals surface area contributed by atoms with E-state index in [1.165, 1.54) is 34.8 Å². The van der Waals surface area contributed by atoms with Crippen molar-refractivity contribution in [3.05, 3.63) is 35.6 Å². The van der Waals surface area contributed by atoms with Crippen molar-refractivity contribution in [2.75, 3.05) is 20.6 Å². The first-order valence-electron chi connectivity index (χ1n) is 6.27. The van der Waals surface area contributed by atoms with Crippen LogP contribution in [0.4, 0.5) is 4.39 Å². The van der Waals surface area contributed by atoms with Gasteiger partial charge in [-0.2, -0.15) is 17.0 Å². The predicted octanol–water partition coefficient (Wildman–Crippen LogP) is 1.81. The van der Waals surface area contributed by atoms with E-state index in [-0.39, 0.29) is 17.8 Å². The van der Waals surface area contributed by atoms with Crippen molar-refractivity contribution < 1.29 is 12.8 Å². The van der Waals surface area contributed by atoms with Crippen LogP contribution in [-0.4, -0.2) is 43.7 Å². The van der Waals surface area contributed by atoms with Gasteiger partial charge in [0, 0.05) is 26.7 Å². The second-order valence-corrected chi connectivity index (χ2v) is 7.29. The lowest BCUT2D eigenvalue weighted by atomic mass is 9.97. The van der Waals surface area contributed by atoms with Crippen molar-refractivity contribution in [1.82, 2.24) is 8.61 Å². The fourth-order valence-electron chi connectivity index (χ4n) is 2.51. The summed E-state index contributed by atoms with van der Waals surface area (Å²) in [7, 11) is -0.312. The average molecular weight is 286 g/mol. The summed E-state index contributed by atoms with van der Waals surface area (Å²) in [5.41, 5.74) is 0.990. The van der Waals surface area contributed by atoms with E-state index in [9.17, 15) is 12.8 Å². The lowest BCUT2D eigenvalue weighted by Crippen LogP contribution is -2.41. The normalized spacial score (nSPS) is 25.1. The second-order valence-electron chi connectivity index (χ2n) is 5.19. The Balaban J connectivity index is 2.20. The van der Waals surface area contributed by atoms with Crippen molar-refractivity contribution in [1.29, 1.82) is 0 Å². The Hall–Kier alpha value is -0.980. The van der Waals surface area contributed by atoms with Crippen LogP contribution in [-0.2, 0) is 10.2 Å². The topological polar surface area (TPSA) is 40.6 Å². The maximum absolute atomic E-state index is 12.9. The number of nitrogens with zero attached hydrogens (tertiary/aromatic N) is 2. The van der Waals surface area contributed by atoms with E-state index < -0.39 is 10.2 Å². The van der Waals surface area contributed by atoms with E-state index in [2.05, 4.69) is 0 Å². The summed E-state index contributed by atoms with van der Waals surface area (Å²) in [6.07, 6.45) is 0.763. The zero-order chi connectivity index (χ0) is 14.2. The van der Waals surface area contributed by atoms with E-state index in [4.69, 9.17) is 0 Å². The van der Waals surface area contributed by atoms with Crippen LogP contribution in [0.1, 0.15) is 24.8 Å². The van der Waals surface area contributed by atoms with Gasteiger partial charge in [-0.05, 0) is 37.0 Å². The van der Waals surface area contributed by atoms with Gasteiger partial charge in [0.2, 0.25) is 0 Å². The van der Waals surface area contributed by atoms with Gasteiger partial charge in [-0.15, -0.1) is 0 Å². The molecule has 1 aromatic carbocycles. The molecule has 19 heavy (non-hydrogen) atoms. The highest BCUT2D eigenvalue weighted by Gasteiger charge is 2.38. The SMILES string of the molecule is C[C@@H]1C[C@H](c2ccc(F)cc2)CN1S(=O)(=O)N(C)C. The summed E-state index contributed by atoms with van der Waals surface area (Å²) in [5.74, 6) is -0.141. The molecule has 1 aromatic rings. The van der Waals surface area contributed by atoms with Gasteiger partial charge in [-0.1, -0.05) is 12.1 Å². The molecule has 0 spiro atoms. The molecule has 0 N–H and O–H groups in total. The van der Waals surface area contributed by atoms with Gasteiger partial charge in [0.25, 0.3) is 10.2 Å². The third kappa shape index (κ3) is 2.80. The van der Waals surface area contributed by atoms with Crippen molar-refractivity contribution in [3.8, 4) is 0 Å². The van der Waals surface area contributed by atoms with Crippen molar-refractivity contribution in [3.63, 3.8) is 0 Å². The summed E-state index contributed by atoms with van der Waals surface area (Å²) in [4.78, 5) is 0. The molecular formula is C13H19FN2O2S. The molecule has 1 heterocycles. The zero-order valence-electron chi connectivity index (χ0n) is 11.4. The minimum atomic E-state index is -3.38. The van der Waals surface area contributed by atoms with E-state index in [0.717, 1.165) is 12.0 Å². The van der Waals surface area contributed by atoms with Gasteiger partial charge in [-0.3, -0.25) is 0 Å². The highest BCUT2D eigenvalue weighted by Crippen LogP contribution is 2.33. The molecule has 0 saturated carbocycles. The Kier molecular flexibility index (Phi) is 3.94. The molecule has 6 heteroatoms. The van der Waals surface area contributed by atoms with Crippen LogP contribution in [0.3, 0.4) is 0 Å². The quantitative estimate of drug-likeness (QED) is 0.850. The van der Waals surface area contributed by atoms with Gasteiger partial charge in [0.15, 0.2) is 0 Å². The largest absolute Gasteiger partial charge is 0.281 e. The molecule has 1 saturated heterocycles. The van der Waals surface area contributed by atoms with Crippen molar-refractivity contribution in [2.24, 2.45) is 0 Å². The molecule has 0 unspecified atom stereocenters. The lowest BCUT2D eigenvalue weighted by Gasteiger charge is -2.24. The Morgan fingerprint density at radius 1 is 1.26 bits per heavy atom. The summed E-state index contributed by atoms with van der Waals surface area (Å²) in [5, 5.41) is 0. The molecule has 2 rings (SSSR count). The minimum Gasteiger partial charge on any atom is -0.207 e. The number of rotatable bonds is 3. The van der Waals surface area contributed by atoms with Crippen LogP contribution in [0.5, 0.6) is 0 Å². The summed E-state index contributed by atoms with van der Waals surface area (Å²) >= 11 is 0. The molecule has 1 fully saturated rings. The monoisotopic (exact) mass is 286 g/mol. The van der Waals surface area contributed by atoms with Gasteiger partial charge in [-0.25, -0.2) is 4.39 Å². The van der Waals surface area contributed by atoms with Gasteiger partial charge < -0.3 is 0 Å². The standard InChI is InChI=1S/C13H19FN2O2S/c1-10-8-12(11-4-6-13(14)7-5-11)9-16(10)19(17,18)15(2)3/h4-7,10,12H,8-9H2,1-3H3/t10-,12+/m1/s1. The first-order chi connectivity index (χ1) is 8.82. The highest BCUT2D eigenvalue weighted by molar-refractivity contribution is 7.86. The number of benzene rings is 1. The Morgan fingerprint density at radius 2 is 1.84 bits per heavy atom. The van der Waals surface area contributed by atoms with Crippen molar-refractivity contribution >= 4 is 10.2 Å². The van der Waals surface area contributed by atoms with Gasteiger partial charge in [0.05, 0.1) is 0 Å². The van der Waals surface area contributed by atoms with Crippen molar-refractivity contribution in [2.45, 2.75) is 25.3 Å². The molecule has 0 radical (unpaired) electrons. The Labute approximate surface area is 114 Å². The fraction of sp³-hybridized carbons (Fsp3) is 0.538. The van der Waals surface area contributed by atoms with Gasteiger partial charge >= 0.3 is 0 Å². The smallest absolute Gasteiger partial charge is 0.207 e. The molecule has 0 bridgehead atoms. The van der Waals surface area contributed by atoms with E-state index in [1.807, 2.05) is 6.92 Å². The van der Waals surface area contributed by atoms with E-state index >= 15 is 0 Å². The molecule has 2 atom stereocenters. The van der Waals surface area contributed by atoms with Crippen LogP contribution in [0.25, 0.3) is 0 Å². The zero-order valence-corrected chi connectivity index (χ0v) is 12.2. The Morgan fingerprint density at radius 3 is 2.37 bits per heavy atom. The third-order valence-corrected chi connectivity index (χ3v) is 5.64. The second kappa shape index (κ2) is 5.19. The molecular weight excluding hydrogens is 267 g/mol. The van der Waals surface area contributed by atoms with Crippen LogP contribution in [0.15, 0.2) is 24.3 Å². The number of hydrogen-bond donors (Lipinski definition) is 0. The van der Waals surface area contributed by atoms with Crippen LogP contribution >= 0.6 is 0 Å². The predicted molar refractivity (Wildman–Crippen MR) is 72.5 cm³/mol. The van der Waals surface area contributed by atoms with Crippen LogP contribution in [0.2, 0.25) is 0 Å². The first-order valence-corrected chi connectivity index (χ1v) is 7.67. The molecule has 4 nitrogen and oxygen atoms in total. The van der Waals surface area contributed by atoms with Crippen LogP contribution < -0.4 is 0 Å². The minimum absolute atomic E-state index is 0.0394. The highest BCUT2D eigenvalue weighted by atomic mass is 32.2. The summed E-state index contributed by atoms with van der Waals surface area (Å²) < 4.78 is 40.0. The average Bonchev–Trinajstić information content (AvgIpc) is 2.72. The molecule has 1 aliphatic heterocycles. The third-order valence-electron chi connectivity index (χ3n) is 3.62. The summed E-state index contributed by atoms with van der Waals surface area (Å²) in [6, 6.07) is 6.27. The summed E-state index contributed by atoms with van der Waals surface area (Å²) in [6.45, 7) is 2.36. The van der Waals surface area contributed by atoms with Gasteiger partial charge in [0.1, 0.15) is 5.82 Å². The number of halogens is 1. The first kappa shape index (κ1) is 14.4. The lowest BCUT2D eigenvalue weighted by molar-refractivity contribution is 0.371. The molecule has 0 aromatic heterocycles. The number of hydrogen-bond acceptors (Lipinski definition) is 2. The maximum atomic E-state index is 12.9. The Bertz CT molecular complexity index is 542. The fourth-order valence-corrected chi connectivity index (χ4v) is 3.84. The van der Waals surface area contributed by atoms with E-state index in [1.54, 1.807) is 12.1 Å². The maximum Gasteiger partial charge on any atom is 0.281 e. The molecule has 0 aliphatic carbocycles. The van der Waals surface area contributed by atoms with Crippen LogP contribution in [0, 0.1) is 5.82 Å². The molecule has 0 amide bonds. The molecule has 1 aliphatic rings. The van der Waals surface area contributed by atoms with E-state index in [0.29, 0.717) is 6.54 Å².